The lowest BCUT2D eigenvalue weighted by Gasteiger charge is -2.10. The number of halogens is 3. The highest BCUT2D eigenvalue weighted by molar-refractivity contribution is 5.95. The van der Waals surface area contributed by atoms with Crippen LogP contribution in [0.25, 0.3) is 0 Å². The van der Waals surface area contributed by atoms with Gasteiger partial charge in [0, 0.05) is 6.20 Å². The van der Waals surface area contributed by atoms with E-state index in [1.54, 1.807) is 12.2 Å². The Balaban J connectivity index is 2.84. The number of alkyl halides is 3. The monoisotopic (exact) mass is 234 g/mol. The van der Waals surface area contributed by atoms with Crippen molar-refractivity contribution in [2.24, 2.45) is 0 Å². The van der Waals surface area contributed by atoms with Gasteiger partial charge in [-0.2, -0.15) is 13.2 Å². The molecule has 0 radical (unpaired) electrons. The quantitative estimate of drug-likeness (QED) is 0.869. The summed E-state index contributed by atoms with van der Waals surface area (Å²) in [5.41, 5.74) is 0. The number of amides is 1. The number of aromatic nitrogens is 1. The highest BCUT2D eigenvalue weighted by atomic mass is 19.4. The van der Waals surface area contributed by atoms with Crippen molar-refractivity contribution in [2.45, 2.75) is 13.1 Å². The number of nitrogens with one attached hydrogen (secondary N) is 1. The third-order valence-corrected chi connectivity index (χ3v) is 1.56. The lowest BCUT2D eigenvalue weighted by atomic mass is 10.4. The number of hydrogen-bond acceptors (Lipinski definition) is 3. The summed E-state index contributed by atoms with van der Waals surface area (Å²) < 4.78 is 40.9. The largest absolute Gasteiger partial charge is 0.490 e. The van der Waals surface area contributed by atoms with Gasteiger partial charge in [0.05, 0.1) is 6.61 Å². The number of pyridine rings is 1. The molecular formula is C9H9F3N2O2. The summed E-state index contributed by atoms with van der Waals surface area (Å²) in [5, 5.41) is 1.64. The minimum Gasteiger partial charge on any atom is -0.490 e. The summed E-state index contributed by atoms with van der Waals surface area (Å²) >= 11 is 0. The van der Waals surface area contributed by atoms with E-state index >= 15 is 0 Å². The molecule has 7 heteroatoms. The van der Waals surface area contributed by atoms with Crippen molar-refractivity contribution in [2.75, 3.05) is 11.9 Å². The van der Waals surface area contributed by atoms with Crippen LogP contribution < -0.4 is 10.1 Å². The van der Waals surface area contributed by atoms with Gasteiger partial charge in [0.2, 0.25) is 0 Å². The predicted octanol–water partition coefficient (Wildman–Crippen LogP) is 1.98. The van der Waals surface area contributed by atoms with Crippen molar-refractivity contribution < 1.29 is 22.7 Å². The van der Waals surface area contributed by atoms with E-state index in [0.29, 0.717) is 0 Å². The summed E-state index contributed by atoms with van der Waals surface area (Å²) in [5.74, 6) is -2.22. The van der Waals surface area contributed by atoms with Crippen LogP contribution in [0.15, 0.2) is 18.3 Å². The van der Waals surface area contributed by atoms with Crippen molar-refractivity contribution in [1.29, 1.82) is 0 Å². The van der Waals surface area contributed by atoms with Gasteiger partial charge in [-0.05, 0) is 19.1 Å². The molecule has 1 aromatic rings. The first kappa shape index (κ1) is 12.3. The zero-order chi connectivity index (χ0) is 12.2. The molecule has 1 N–H and O–H groups in total. The third kappa shape index (κ3) is 3.11. The maximum absolute atomic E-state index is 12.0. The molecule has 0 aliphatic rings. The Kier molecular flexibility index (Phi) is 3.70. The average Bonchev–Trinajstić information content (AvgIpc) is 2.20. The topological polar surface area (TPSA) is 51.2 Å². The van der Waals surface area contributed by atoms with Crippen LogP contribution in [-0.4, -0.2) is 23.7 Å². The van der Waals surface area contributed by atoms with Gasteiger partial charge in [-0.25, -0.2) is 4.98 Å². The van der Waals surface area contributed by atoms with Crippen molar-refractivity contribution in [3.05, 3.63) is 18.3 Å². The third-order valence-electron chi connectivity index (χ3n) is 1.56. The van der Waals surface area contributed by atoms with E-state index in [2.05, 4.69) is 4.98 Å². The first-order chi connectivity index (χ1) is 7.45. The van der Waals surface area contributed by atoms with Crippen LogP contribution in [0.5, 0.6) is 5.75 Å². The van der Waals surface area contributed by atoms with Crippen LogP contribution in [0.3, 0.4) is 0 Å². The molecule has 1 aromatic heterocycles. The fourth-order valence-corrected chi connectivity index (χ4v) is 0.935. The number of carbonyl (C=O) groups is 1. The Labute approximate surface area is 89.4 Å². The van der Waals surface area contributed by atoms with E-state index in [4.69, 9.17) is 4.74 Å². The lowest BCUT2D eigenvalue weighted by Crippen LogP contribution is -2.30. The Bertz CT molecular complexity index is 379. The molecule has 0 saturated carbocycles. The molecule has 0 bridgehead atoms. The van der Waals surface area contributed by atoms with Gasteiger partial charge in [0.15, 0.2) is 11.6 Å². The SMILES string of the molecule is CCOc1cccnc1NC(=O)C(F)(F)F. The van der Waals surface area contributed by atoms with Crippen molar-refractivity contribution in [3.8, 4) is 5.75 Å². The Morgan fingerprint density at radius 2 is 2.25 bits per heavy atom. The van der Waals surface area contributed by atoms with E-state index in [0.717, 1.165) is 0 Å². The molecule has 0 fully saturated rings. The summed E-state index contributed by atoms with van der Waals surface area (Å²) in [6.45, 7) is 1.93. The Morgan fingerprint density at radius 3 is 2.81 bits per heavy atom. The van der Waals surface area contributed by atoms with Crippen LogP contribution >= 0.6 is 0 Å². The van der Waals surface area contributed by atoms with Gasteiger partial charge < -0.3 is 4.74 Å². The average molecular weight is 234 g/mol. The van der Waals surface area contributed by atoms with Crippen molar-refractivity contribution >= 4 is 11.7 Å². The minimum absolute atomic E-state index is 0.0996. The molecule has 16 heavy (non-hydrogen) atoms. The Morgan fingerprint density at radius 1 is 1.56 bits per heavy atom. The molecule has 0 aliphatic heterocycles. The molecule has 88 valence electrons. The molecule has 0 aromatic carbocycles. The number of rotatable bonds is 3. The molecule has 1 rings (SSSR count). The zero-order valence-corrected chi connectivity index (χ0v) is 8.34. The molecule has 0 atom stereocenters. The van der Waals surface area contributed by atoms with Crippen LogP contribution in [0.4, 0.5) is 19.0 Å². The van der Waals surface area contributed by atoms with Gasteiger partial charge in [0.25, 0.3) is 0 Å². The van der Waals surface area contributed by atoms with Crippen LogP contribution in [-0.2, 0) is 4.79 Å². The maximum atomic E-state index is 12.0. The molecule has 1 heterocycles. The minimum atomic E-state index is -4.94. The Hall–Kier alpha value is -1.79. The summed E-state index contributed by atoms with van der Waals surface area (Å²) in [6.07, 6.45) is -3.69. The second-order valence-corrected chi connectivity index (χ2v) is 2.74. The normalized spacial score (nSPS) is 11.0. The predicted molar refractivity (Wildman–Crippen MR) is 50.1 cm³/mol. The fraction of sp³-hybridized carbons (Fsp3) is 0.333. The van der Waals surface area contributed by atoms with E-state index in [1.165, 1.54) is 18.3 Å². The van der Waals surface area contributed by atoms with Gasteiger partial charge in [-0.1, -0.05) is 0 Å². The van der Waals surface area contributed by atoms with E-state index in [1.807, 2.05) is 0 Å². The van der Waals surface area contributed by atoms with Gasteiger partial charge in [-0.15, -0.1) is 0 Å². The molecule has 4 nitrogen and oxygen atoms in total. The van der Waals surface area contributed by atoms with Gasteiger partial charge in [0.1, 0.15) is 0 Å². The molecule has 0 aliphatic carbocycles. The van der Waals surface area contributed by atoms with E-state index < -0.39 is 12.1 Å². The van der Waals surface area contributed by atoms with Crippen molar-refractivity contribution in [3.63, 3.8) is 0 Å². The van der Waals surface area contributed by atoms with Gasteiger partial charge in [-0.3, -0.25) is 10.1 Å². The van der Waals surface area contributed by atoms with E-state index in [-0.39, 0.29) is 18.2 Å². The number of carbonyl (C=O) groups excluding carboxylic acids is 1. The summed E-state index contributed by atoms with van der Waals surface area (Å²) in [4.78, 5) is 14.3. The van der Waals surface area contributed by atoms with Gasteiger partial charge >= 0.3 is 12.1 Å². The molecule has 0 unspecified atom stereocenters. The van der Waals surface area contributed by atoms with Crippen LogP contribution in [0.1, 0.15) is 6.92 Å². The highest BCUT2D eigenvalue weighted by Crippen LogP contribution is 2.23. The second kappa shape index (κ2) is 4.82. The first-order valence-corrected chi connectivity index (χ1v) is 4.41. The number of anilines is 1. The fourth-order valence-electron chi connectivity index (χ4n) is 0.935. The van der Waals surface area contributed by atoms with E-state index in [9.17, 15) is 18.0 Å². The zero-order valence-electron chi connectivity index (χ0n) is 8.34. The number of hydrogen-bond donors (Lipinski definition) is 1. The van der Waals surface area contributed by atoms with Crippen molar-refractivity contribution in [1.82, 2.24) is 4.98 Å². The second-order valence-electron chi connectivity index (χ2n) is 2.74. The first-order valence-electron chi connectivity index (χ1n) is 4.41. The van der Waals surface area contributed by atoms with Crippen LogP contribution in [0.2, 0.25) is 0 Å². The maximum Gasteiger partial charge on any atom is 0.471 e. The lowest BCUT2D eigenvalue weighted by molar-refractivity contribution is -0.167. The highest BCUT2D eigenvalue weighted by Gasteiger charge is 2.39. The smallest absolute Gasteiger partial charge is 0.471 e. The molecule has 0 saturated heterocycles. The summed E-state index contributed by atoms with van der Waals surface area (Å²) in [7, 11) is 0. The number of nitrogens with zero attached hydrogens (tertiary/aromatic N) is 1. The standard InChI is InChI=1S/C9H9F3N2O2/c1-2-16-6-4-3-5-13-7(6)14-8(15)9(10,11)12/h3-5H,2H2,1H3,(H,13,14,15). The molecule has 1 amide bonds. The molecule has 0 spiro atoms. The molecular weight excluding hydrogens is 225 g/mol. The van der Waals surface area contributed by atoms with Crippen LogP contribution in [0, 0.1) is 0 Å². The summed E-state index contributed by atoms with van der Waals surface area (Å²) in [6, 6.07) is 2.91. The number of ether oxygens (including phenoxy) is 1.